The van der Waals surface area contributed by atoms with Gasteiger partial charge in [-0.05, 0) is 19.9 Å². The minimum Gasteiger partial charge on any atom is -0.386 e. The van der Waals surface area contributed by atoms with E-state index in [1.807, 2.05) is 6.07 Å². The van der Waals surface area contributed by atoms with Crippen molar-refractivity contribution in [1.82, 2.24) is 4.98 Å². The van der Waals surface area contributed by atoms with Crippen LogP contribution in [-0.4, -0.2) is 10.1 Å². The standard InChI is InChI=1S/C7H11NO/c1-7(2,9)6-3-4-8-5-6/h3-5,8-9H,1-2H3. The monoisotopic (exact) mass is 125 g/mol. The molecule has 0 fully saturated rings. The van der Waals surface area contributed by atoms with Crippen molar-refractivity contribution >= 4 is 0 Å². The summed E-state index contributed by atoms with van der Waals surface area (Å²) in [7, 11) is 0. The van der Waals surface area contributed by atoms with Crippen LogP contribution in [0, 0.1) is 0 Å². The molecule has 0 saturated carbocycles. The fraction of sp³-hybridized carbons (Fsp3) is 0.429. The fourth-order valence-electron chi connectivity index (χ4n) is 0.704. The van der Waals surface area contributed by atoms with Gasteiger partial charge in [-0.1, -0.05) is 0 Å². The Bertz CT molecular complexity index is 171. The quantitative estimate of drug-likeness (QED) is 0.582. The topological polar surface area (TPSA) is 36.0 Å². The van der Waals surface area contributed by atoms with E-state index in [4.69, 9.17) is 0 Å². The van der Waals surface area contributed by atoms with Gasteiger partial charge in [0.1, 0.15) is 0 Å². The van der Waals surface area contributed by atoms with Crippen molar-refractivity contribution in [2.75, 3.05) is 0 Å². The van der Waals surface area contributed by atoms with Gasteiger partial charge in [-0.3, -0.25) is 0 Å². The van der Waals surface area contributed by atoms with E-state index in [2.05, 4.69) is 4.98 Å². The highest BCUT2D eigenvalue weighted by Crippen LogP contribution is 2.17. The molecule has 1 heterocycles. The van der Waals surface area contributed by atoms with Gasteiger partial charge in [-0.2, -0.15) is 0 Å². The van der Waals surface area contributed by atoms with Gasteiger partial charge in [0.15, 0.2) is 0 Å². The molecule has 0 aliphatic carbocycles. The third kappa shape index (κ3) is 1.33. The minimum atomic E-state index is -0.708. The zero-order valence-electron chi connectivity index (χ0n) is 5.68. The van der Waals surface area contributed by atoms with Crippen LogP contribution in [0.1, 0.15) is 19.4 Å². The second-order valence-corrected chi connectivity index (χ2v) is 2.66. The highest BCUT2D eigenvalue weighted by molar-refractivity contribution is 5.15. The number of nitrogens with one attached hydrogen (secondary N) is 1. The average Bonchev–Trinajstić information content (AvgIpc) is 2.08. The average molecular weight is 125 g/mol. The zero-order valence-corrected chi connectivity index (χ0v) is 5.68. The molecule has 0 spiro atoms. The van der Waals surface area contributed by atoms with E-state index in [9.17, 15) is 5.11 Å². The molecule has 0 aliphatic heterocycles. The van der Waals surface area contributed by atoms with Crippen molar-refractivity contribution < 1.29 is 5.11 Å². The Morgan fingerprint density at radius 2 is 2.22 bits per heavy atom. The molecule has 0 saturated heterocycles. The molecule has 9 heavy (non-hydrogen) atoms. The van der Waals surface area contributed by atoms with Gasteiger partial charge in [0.2, 0.25) is 0 Å². The van der Waals surface area contributed by atoms with Crippen molar-refractivity contribution in [3.8, 4) is 0 Å². The van der Waals surface area contributed by atoms with Gasteiger partial charge >= 0.3 is 0 Å². The van der Waals surface area contributed by atoms with Gasteiger partial charge in [0.25, 0.3) is 0 Å². The largest absolute Gasteiger partial charge is 0.386 e. The molecular weight excluding hydrogens is 114 g/mol. The van der Waals surface area contributed by atoms with Crippen LogP contribution >= 0.6 is 0 Å². The minimum absolute atomic E-state index is 0.708. The number of H-pyrrole nitrogens is 1. The summed E-state index contributed by atoms with van der Waals surface area (Å²) in [5.41, 5.74) is 0.211. The van der Waals surface area contributed by atoms with E-state index in [-0.39, 0.29) is 0 Å². The predicted octanol–water partition coefficient (Wildman–Crippen LogP) is 1.24. The Morgan fingerprint density at radius 3 is 2.44 bits per heavy atom. The number of aliphatic hydroxyl groups is 1. The molecule has 0 aromatic carbocycles. The summed E-state index contributed by atoms with van der Waals surface area (Å²) < 4.78 is 0. The van der Waals surface area contributed by atoms with E-state index >= 15 is 0 Å². The lowest BCUT2D eigenvalue weighted by Gasteiger charge is -2.14. The third-order valence-corrected chi connectivity index (χ3v) is 1.30. The van der Waals surface area contributed by atoms with Crippen LogP contribution in [0.25, 0.3) is 0 Å². The van der Waals surface area contributed by atoms with Gasteiger partial charge in [0, 0.05) is 18.0 Å². The number of hydrogen-bond donors (Lipinski definition) is 2. The van der Waals surface area contributed by atoms with Crippen molar-refractivity contribution in [3.05, 3.63) is 24.0 Å². The van der Waals surface area contributed by atoms with E-state index in [1.54, 1.807) is 26.2 Å². The van der Waals surface area contributed by atoms with Gasteiger partial charge in [0.05, 0.1) is 5.60 Å². The third-order valence-electron chi connectivity index (χ3n) is 1.30. The molecule has 1 aromatic rings. The lowest BCUT2D eigenvalue weighted by atomic mass is 10.0. The molecule has 0 amide bonds. The second kappa shape index (κ2) is 1.88. The molecule has 0 aliphatic rings. The Hall–Kier alpha value is -0.760. The first kappa shape index (κ1) is 6.36. The molecule has 0 bridgehead atoms. The molecule has 1 rings (SSSR count). The zero-order chi connectivity index (χ0) is 6.91. The van der Waals surface area contributed by atoms with Crippen LogP contribution in [-0.2, 0) is 5.60 Å². The Kier molecular flexibility index (Phi) is 1.33. The lowest BCUT2D eigenvalue weighted by Crippen LogP contribution is -2.13. The molecule has 2 heteroatoms. The molecule has 0 atom stereocenters. The van der Waals surface area contributed by atoms with Crippen LogP contribution < -0.4 is 0 Å². The first-order valence-electron chi connectivity index (χ1n) is 2.96. The van der Waals surface area contributed by atoms with Gasteiger partial charge < -0.3 is 10.1 Å². The van der Waals surface area contributed by atoms with Crippen molar-refractivity contribution in [2.24, 2.45) is 0 Å². The van der Waals surface area contributed by atoms with Gasteiger partial charge in [-0.25, -0.2) is 0 Å². The van der Waals surface area contributed by atoms with Gasteiger partial charge in [-0.15, -0.1) is 0 Å². The van der Waals surface area contributed by atoms with Crippen molar-refractivity contribution in [2.45, 2.75) is 19.4 Å². The summed E-state index contributed by atoms with van der Waals surface area (Å²) in [6.07, 6.45) is 3.59. The van der Waals surface area contributed by atoms with E-state index in [0.717, 1.165) is 5.56 Å². The first-order chi connectivity index (χ1) is 4.11. The van der Waals surface area contributed by atoms with Crippen LogP contribution in [0.5, 0.6) is 0 Å². The molecule has 0 radical (unpaired) electrons. The Labute approximate surface area is 54.5 Å². The maximum atomic E-state index is 9.36. The van der Waals surface area contributed by atoms with Crippen molar-refractivity contribution in [3.63, 3.8) is 0 Å². The number of aromatic nitrogens is 1. The maximum Gasteiger partial charge on any atom is 0.0855 e. The van der Waals surface area contributed by atoms with Crippen LogP contribution in [0.4, 0.5) is 0 Å². The van der Waals surface area contributed by atoms with E-state index < -0.39 is 5.60 Å². The maximum absolute atomic E-state index is 9.36. The smallest absolute Gasteiger partial charge is 0.0855 e. The second-order valence-electron chi connectivity index (χ2n) is 2.66. The number of rotatable bonds is 1. The van der Waals surface area contributed by atoms with Crippen molar-refractivity contribution in [1.29, 1.82) is 0 Å². The summed E-state index contributed by atoms with van der Waals surface area (Å²) in [6.45, 7) is 3.52. The number of aromatic amines is 1. The highest BCUT2D eigenvalue weighted by atomic mass is 16.3. The van der Waals surface area contributed by atoms with Crippen LogP contribution in [0.15, 0.2) is 18.5 Å². The summed E-state index contributed by atoms with van der Waals surface area (Å²) in [5, 5.41) is 9.36. The van der Waals surface area contributed by atoms with E-state index in [1.165, 1.54) is 0 Å². The molecule has 0 unspecified atom stereocenters. The van der Waals surface area contributed by atoms with Crippen LogP contribution in [0.3, 0.4) is 0 Å². The predicted molar refractivity (Wildman–Crippen MR) is 36.0 cm³/mol. The molecule has 2 nitrogen and oxygen atoms in total. The Morgan fingerprint density at radius 1 is 1.56 bits per heavy atom. The SMILES string of the molecule is CC(C)(O)c1cc[nH]c1. The first-order valence-corrected chi connectivity index (χ1v) is 2.96. The molecule has 50 valence electrons. The summed E-state index contributed by atoms with van der Waals surface area (Å²) in [4.78, 5) is 2.88. The summed E-state index contributed by atoms with van der Waals surface area (Å²) in [6, 6.07) is 1.86. The summed E-state index contributed by atoms with van der Waals surface area (Å²) in [5.74, 6) is 0. The lowest BCUT2D eigenvalue weighted by molar-refractivity contribution is 0.0787. The molecular formula is C7H11NO. The van der Waals surface area contributed by atoms with Crippen LogP contribution in [0.2, 0.25) is 0 Å². The number of hydrogen-bond acceptors (Lipinski definition) is 1. The fourth-order valence-corrected chi connectivity index (χ4v) is 0.704. The van der Waals surface area contributed by atoms with E-state index in [0.29, 0.717) is 0 Å². The Balaban J connectivity index is 2.90. The summed E-state index contributed by atoms with van der Waals surface area (Å²) >= 11 is 0. The molecule has 2 N–H and O–H groups in total. The highest BCUT2D eigenvalue weighted by Gasteiger charge is 2.14. The molecule has 1 aromatic heterocycles. The normalized spacial score (nSPS) is 11.9.